The number of aromatic carboxylic acids is 1. The minimum atomic E-state index is -1.12. The van der Waals surface area contributed by atoms with Crippen molar-refractivity contribution in [2.45, 2.75) is 24.9 Å². The van der Waals surface area contributed by atoms with Crippen LogP contribution in [0.1, 0.15) is 33.8 Å². The lowest BCUT2D eigenvalue weighted by Crippen LogP contribution is -2.48. The van der Waals surface area contributed by atoms with E-state index in [1.165, 1.54) is 13.2 Å². The Morgan fingerprint density at radius 2 is 1.22 bits per heavy atom. The van der Waals surface area contributed by atoms with Gasteiger partial charge in [0.15, 0.2) is 23.0 Å². The van der Waals surface area contributed by atoms with E-state index in [1.807, 2.05) is 36.7 Å². The number of fused-ring (bicyclic) bond motifs is 10. The molecule has 0 spiro atoms. The van der Waals surface area contributed by atoms with Gasteiger partial charge in [0.05, 0.1) is 54.0 Å². The van der Waals surface area contributed by atoms with Gasteiger partial charge in [0.2, 0.25) is 0 Å². The highest BCUT2D eigenvalue weighted by Gasteiger charge is 2.42. The van der Waals surface area contributed by atoms with Gasteiger partial charge in [0.1, 0.15) is 11.6 Å². The second kappa shape index (κ2) is 13.3. The number of methoxy groups -OCH3 is 1. The number of aromatic nitrogens is 6. The molecule has 2 saturated heterocycles. The molecule has 0 saturated carbocycles. The van der Waals surface area contributed by atoms with Gasteiger partial charge in [-0.05, 0) is 61.4 Å². The summed E-state index contributed by atoms with van der Waals surface area (Å²) in [6, 6.07) is 13.3. The van der Waals surface area contributed by atoms with E-state index in [9.17, 15) is 24.3 Å². The number of carbonyl (C=O) groups is 4. The number of aromatic amines is 2. The molecule has 2 atom stereocenters. The Kier molecular flexibility index (Phi) is 8.13. The number of nitrogens with zero attached hydrogens (tertiary/aromatic N) is 8. The van der Waals surface area contributed by atoms with Crippen LogP contribution in [0.15, 0.2) is 73.3 Å². The van der Waals surface area contributed by atoms with E-state index >= 15 is 0 Å². The first-order valence-corrected chi connectivity index (χ1v) is 17.6. The summed E-state index contributed by atoms with van der Waals surface area (Å²) in [5.74, 6) is 0.0914. The molecule has 10 heterocycles. The standard InChI is InChI=1S/C19H18N6O3.C18H16N6O3/c1-28-18(26)13-2-3-15-17(22-13)25(12-5-7-24(15)10-12)19(27)23-16-8-11-4-6-20-14(11)9-21-16;25-17(26)12-1-2-14-16(21-12)24(11-4-6-23(14)9-11)18(27)22-15-7-10-3-5-19-13(10)8-20-15/h2-4,6,8-9,12,20H,5,7,10H2,1H3,(H,21,23,27);1-3,5,7-8,11,19H,4,6,9H2,(H,25,26)(H,20,22,27)/t12-;11-/m00/s1. The zero-order chi connectivity index (χ0) is 37.8. The average Bonchev–Trinajstić information content (AvgIpc) is 4.02. The number of hydrogen-bond acceptors (Lipinski definition) is 11. The number of esters is 1. The molecule has 55 heavy (non-hydrogen) atoms. The highest BCUT2D eigenvalue weighted by Crippen LogP contribution is 2.40. The molecular weight excluding hydrogens is 708 g/mol. The molecule has 18 nitrogen and oxygen atoms in total. The predicted molar refractivity (Wildman–Crippen MR) is 203 cm³/mol. The maximum absolute atomic E-state index is 13.1. The van der Waals surface area contributed by atoms with Crippen molar-refractivity contribution in [2.24, 2.45) is 0 Å². The third-order valence-electron chi connectivity index (χ3n) is 10.3. The first-order chi connectivity index (χ1) is 26.7. The van der Waals surface area contributed by atoms with Crippen molar-refractivity contribution < 1.29 is 29.0 Å². The van der Waals surface area contributed by atoms with Crippen LogP contribution in [0.5, 0.6) is 0 Å². The van der Waals surface area contributed by atoms with Crippen LogP contribution in [-0.2, 0) is 4.74 Å². The monoisotopic (exact) mass is 742 g/mol. The lowest BCUT2D eigenvalue weighted by molar-refractivity contribution is 0.0593. The number of H-pyrrole nitrogens is 2. The molecule has 0 unspecified atom stereocenters. The Morgan fingerprint density at radius 1 is 0.727 bits per heavy atom. The summed E-state index contributed by atoms with van der Waals surface area (Å²) in [4.78, 5) is 80.3. The summed E-state index contributed by atoms with van der Waals surface area (Å²) >= 11 is 0. The molecule has 0 aromatic carbocycles. The number of urea groups is 2. The number of anilines is 6. The number of carboxylic acids is 1. The Morgan fingerprint density at radius 3 is 1.71 bits per heavy atom. The Balaban J connectivity index is 0.000000144. The molecule has 5 N–H and O–H groups in total. The highest BCUT2D eigenvalue weighted by atomic mass is 16.5. The molecule has 0 radical (unpaired) electrons. The minimum absolute atomic E-state index is 0.0103. The van der Waals surface area contributed by atoms with Crippen molar-refractivity contribution in [3.05, 3.63) is 84.7 Å². The van der Waals surface area contributed by atoms with Crippen molar-refractivity contribution in [1.82, 2.24) is 29.9 Å². The number of pyridine rings is 4. The second-order valence-corrected chi connectivity index (χ2v) is 13.5. The van der Waals surface area contributed by atoms with Crippen LogP contribution in [-0.4, -0.2) is 104 Å². The van der Waals surface area contributed by atoms with Gasteiger partial charge in [-0.1, -0.05) is 0 Å². The van der Waals surface area contributed by atoms with Crippen LogP contribution in [0.4, 0.5) is 44.2 Å². The van der Waals surface area contributed by atoms with Crippen molar-refractivity contribution in [1.29, 1.82) is 0 Å². The molecule has 0 aliphatic carbocycles. The van der Waals surface area contributed by atoms with E-state index < -0.39 is 11.9 Å². The number of carboxylic acid groups (broad SMARTS) is 1. The van der Waals surface area contributed by atoms with E-state index in [4.69, 9.17) is 4.74 Å². The number of rotatable bonds is 4. The lowest BCUT2D eigenvalue weighted by Gasteiger charge is -2.35. The van der Waals surface area contributed by atoms with Gasteiger partial charge in [0, 0.05) is 49.3 Å². The molecule has 2 fully saturated rings. The van der Waals surface area contributed by atoms with Crippen LogP contribution in [0.3, 0.4) is 0 Å². The Hall–Kier alpha value is -7.24. The summed E-state index contributed by atoms with van der Waals surface area (Å²) in [7, 11) is 1.31. The van der Waals surface area contributed by atoms with Crippen molar-refractivity contribution in [2.75, 3.05) is 63.5 Å². The largest absolute Gasteiger partial charge is 0.477 e. The van der Waals surface area contributed by atoms with Crippen LogP contribution < -0.4 is 30.2 Å². The van der Waals surface area contributed by atoms with Crippen molar-refractivity contribution in [3.8, 4) is 0 Å². The van der Waals surface area contributed by atoms with Gasteiger partial charge in [-0.3, -0.25) is 20.4 Å². The maximum atomic E-state index is 13.1. The molecular formula is C37H34N12O6. The number of ether oxygens (including phenoxy) is 1. The Labute approximate surface area is 312 Å². The smallest absolute Gasteiger partial charge is 0.356 e. The maximum Gasteiger partial charge on any atom is 0.356 e. The molecule has 6 aromatic rings. The zero-order valence-corrected chi connectivity index (χ0v) is 29.4. The van der Waals surface area contributed by atoms with Gasteiger partial charge in [0.25, 0.3) is 0 Å². The third-order valence-corrected chi connectivity index (χ3v) is 10.3. The van der Waals surface area contributed by atoms with E-state index in [-0.39, 0.29) is 35.5 Å². The molecule has 4 bridgehead atoms. The van der Waals surface area contributed by atoms with E-state index in [0.717, 1.165) is 65.7 Å². The quantitative estimate of drug-likeness (QED) is 0.156. The third kappa shape index (κ3) is 6.02. The fourth-order valence-corrected chi connectivity index (χ4v) is 7.66. The number of nitrogens with one attached hydrogen (secondary N) is 4. The van der Waals surface area contributed by atoms with Crippen LogP contribution in [0.25, 0.3) is 21.8 Å². The van der Waals surface area contributed by atoms with Crippen molar-refractivity contribution in [3.63, 3.8) is 0 Å². The fourth-order valence-electron chi connectivity index (χ4n) is 7.66. The van der Waals surface area contributed by atoms with Crippen LogP contribution in [0, 0.1) is 0 Å². The number of carbonyl (C=O) groups excluding carboxylic acids is 3. The van der Waals surface area contributed by atoms with Crippen molar-refractivity contribution >= 4 is 80.5 Å². The summed E-state index contributed by atoms with van der Waals surface area (Å²) in [5.41, 5.74) is 3.49. The van der Waals surface area contributed by atoms with E-state index in [0.29, 0.717) is 29.8 Å². The molecule has 278 valence electrons. The summed E-state index contributed by atoms with van der Waals surface area (Å²) < 4.78 is 4.77. The molecule has 4 aliphatic heterocycles. The van der Waals surface area contributed by atoms with E-state index in [1.54, 1.807) is 40.4 Å². The molecule has 6 aromatic heterocycles. The first-order valence-electron chi connectivity index (χ1n) is 17.6. The minimum Gasteiger partial charge on any atom is -0.477 e. The molecule has 4 aliphatic rings. The van der Waals surface area contributed by atoms with Gasteiger partial charge in [-0.15, -0.1) is 0 Å². The molecule has 18 heteroatoms. The summed E-state index contributed by atoms with van der Waals surface area (Å²) in [5, 5.41) is 16.9. The Bertz CT molecular complexity index is 2520. The predicted octanol–water partition coefficient (Wildman–Crippen LogP) is 4.66. The van der Waals surface area contributed by atoms with Crippen LogP contribution >= 0.6 is 0 Å². The zero-order valence-electron chi connectivity index (χ0n) is 29.4. The molecule has 4 amide bonds. The first kappa shape index (κ1) is 33.6. The second-order valence-electron chi connectivity index (χ2n) is 13.5. The van der Waals surface area contributed by atoms with Gasteiger partial charge in [-0.2, -0.15) is 0 Å². The average molecular weight is 743 g/mol. The van der Waals surface area contributed by atoms with Gasteiger partial charge >= 0.3 is 24.0 Å². The summed E-state index contributed by atoms with van der Waals surface area (Å²) in [6.45, 7) is 3.10. The summed E-state index contributed by atoms with van der Waals surface area (Å²) in [6.07, 6.45) is 8.61. The number of amides is 4. The van der Waals surface area contributed by atoms with Gasteiger partial charge < -0.3 is 29.6 Å². The lowest BCUT2D eigenvalue weighted by atomic mass is 10.2. The fraction of sp³-hybridized carbons (Fsp3) is 0.243. The molecule has 10 rings (SSSR count). The van der Waals surface area contributed by atoms with Crippen LogP contribution in [0.2, 0.25) is 0 Å². The number of hydrogen-bond donors (Lipinski definition) is 5. The normalized spacial score (nSPS) is 17.7. The topological polar surface area (TPSA) is 218 Å². The van der Waals surface area contributed by atoms with E-state index in [2.05, 4.69) is 50.3 Å². The van der Waals surface area contributed by atoms with Gasteiger partial charge in [-0.25, -0.2) is 39.1 Å². The SMILES string of the molecule is COC(=O)c1ccc2c(n1)N(C(=O)Nc1cc3cc[nH]c3cn1)[C@H]1CCN2C1.O=C(O)c1ccc2c(n1)N(C(=O)Nc1cc3cc[nH]c3cn1)[C@H]1CCN2C1. The highest BCUT2D eigenvalue weighted by molar-refractivity contribution is 6.06.